The third kappa shape index (κ3) is 3.14. The van der Waals surface area contributed by atoms with E-state index in [0.29, 0.717) is 29.3 Å². The SMILES string of the molecule is CCc1nnc(-c2c(C)c(C(=O)c3cccc(Br)c3)c(C)n2C(C)C)o1. The predicted octanol–water partition coefficient (Wildman–Crippen LogP) is 5.29. The minimum Gasteiger partial charge on any atom is -0.419 e. The normalized spacial score (nSPS) is 11.3. The number of hydrogen-bond acceptors (Lipinski definition) is 4. The van der Waals surface area contributed by atoms with Crippen LogP contribution in [0.5, 0.6) is 0 Å². The molecular weight excluding hydrogens is 394 g/mol. The van der Waals surface area contributed by atoms with Crippen molar-refractivity contribution in [3.63, 3.8) is 0 Å². The van der Waals surface area contributed by atoms with Gasteiger partial charge in [-0.3, -0.25) is 4.79 Å². The van der Waals surface area contributed by atoms with Crippen LogP contribution < -0.4 is 0 Å². The lowest BCUT2D eigenvalue weighted by Crippen LogP contribution is -2.08. The second-order valence-corrected chi connectivity index (χ2v) is 7.51. The molecule has 1 aromatic carbocycles. The highest BCUT2D eigenvalue weighted by Gasteiger charge is 2.28. The molecule has 0 fully saturated rings. The van der Waals surface area contributed by atoms with Gasteiger partial charge in [0.1, 0.15) is 5.69 Å². The maximum atomic E-state index is 13.2. The molecule has 26 heavy (non-hydrogen) atoms. The molecule has 0 aliphatic heterocycles. The molecule has 0 saturated heterocycles. The van der Waals surface area contributed by atoms with Gasteiger partial charge in [-0.2, -0.15) is 0 Å². The fraction of sp³-hybridized carbons (Fsp3) is 0.350. The van der Waals surface area contributed by atoms with Crippen LogP contribution in [-0.4, -0.2) is 20.5 Å². The summed E-state index contributed by atoms with van der Waals surface area (Å²) in [6.45, 7) is 10.1. The summed E-state index contributed by atoms with van der Waals surface area (Å²) < 4.78 is 8.79. The number of benzene rings is 1. The summed E-state index contributed by atoms with van der Waals surface area (Å²) in [5.74, 6) is 1.05. The van der Waals surface area contributed by atoms with Crippen molar-refractivity contribution < 1.29 is 9.21 Å². The van der Waals surface area contributed by atoms with Gasteiger partial charge >= 0.3 is 0 Å². The number of halogens is 1. The quantitative estimate of drug-likeness (QED) is 0.530. The summed E-state index contributed by atoms with van der Waals surface area (Å²) in [5.41, 5.74) is 3.95. The molecule has 5 nitrogen and oxygen atoms in total. The van der Waals surface area contributed by atoms with Gasteiger partial charge in [0, 0.05) is 33.8 Å². The zero-order chi connectivity index (χ0) is 19.0. The maximum Gasteiger partial charge on any atom is 0.264 e. The highest BCUT2D eigenvalue weighted by Crippen LogP contribution is 2.34. The summed E-state index contributed by atoms with van der Waals surface area (Å²) in [4.78, 5) is 13.2. The van der Waals surface area contributed by atoms with Crippen LogP contribution in [0.4, 0.5) is 0 Å². The second kappa shape index (κ2) is 7.19. The Morgan fingerprint density at radius 1 is 1.27 bits per heavy atom. The van der Waals surface area contributed by atoms with Crippen molar-refractivity contribution in [3.05, 3.63) is 57.0 Å². The van der Waals surface area contributed by atoms with Crippen LogP contribution in [0.2, 0.25) is 0 Å². The van der Waals surface area contributed by atoms with Gasteiger partial charge in [-0.1, -0.05) is 35.0 Å². The van der Waals surface area contributed by atoms with E-state index >= 15 is 0 Å². The molecule has 0 unspecified atom stereocenters. The van der Waals surface area contributed by atoms with Crippen molar-refractivity contribution >= 4 is 21.7 Å². The van der Waals surface area contributed by atoms with Crippen molar-refractivity contribution in [2.45, 2.75) is 47.1 Å². The monoisotopic (exact) mass is 415 g/mol. The Kier molecular flexibility index (Phi) is 5.14. The van der Waals surface area contributed by atoms with Crippen molar-refractivity contribution in [1.29, 1.82) is 0 Å². The number of hydrogen-bond donors (Lipinski definition) is 0. The average molecular weight is 416 g/mol. The van der Waals surface area contributed by atoms with Crippen LogP contribution in [-0.2, 0) is 6.42 Å². The molecule has 0 radical (unpaired) electrons. The number of carbonyl (C=O) groups is 1. The average Bonchev–Trinajstić information content (AvgIpc) is 3.16. The van der Waals surface area contributed by atoms with Crippen LogP contribution in [0.3, 0.4) is 0 Å². The van der Waals surface area contributed by atoms with Crippen molar-refractivity contribution in [1.82, 2.24) is 14.8 Å². The van der Waals surface area contributed by atoms with Crippen molar-refractivity contribution in [2.75, 3.05) is 0 Å². The number of carbonyl (C=O) groups excluding carboxylic acids is 1. The van der Waals surface area contributed by atoms with Crippen molar-refractivity contribution in [3.8, 4) is 11.6 Å². The van der Waals surface area contributed by atoms with Crippen LogP contribution in [0.1, 0.15) is 59.9 Å². The molecule has 3 rings (SSSR count). The fourth-order valence-corrected chi connectivity index (χ4v) is 3.77. The van der Waals surface area contributed by atoms with Gasteiger partial charge in [0.05, 0.1) is 0 Å². The first-order valence-corrected chi connectivity index (χ1v) is 9.48. The number of nitrogens with zero attached hydrogens (tertiary/aromatic N) is 3. The van der Waals surface area contributed by atoms with E-state index in [2.05, 4.69) is 44.5 Å². The van der Waals surface area contributed by atoms with Gasteiger partial charge in [0.15, 0.2) is 5.78 Å². The highest BCUT2D eigenvalue weighted by molar-refractivity contribution is 9.10. The Morgan fingerprint density at radius 2 is 2.00 bits per heavy atom. The van der Waals surface area contributed by atoms with E-state index in [1.807, 2.05) is 45.0 Å². The molecule has 0 amide bonds. The summed E-state index contributed by atoms with van der Waals surface area (Å²) in [6, 6.07) is 7.61. The summed E-state index contributed by atoms with van der Waals surface area (Å²) in [7, 11) is 0. The topological polar surface area (TPSA) is 60.9 Å². The number of aromatic nitrogens is 3. The molecule has 3 aromatic rings. The van der Waals surface area contributed by atoms with Gasteiger partial charge in [-0.15, -0.1) is 10.2 Å². The van der Waals surface area contributed by atoms with E-state index in [0.717, 1.165) is 21.4 Å². The lowest BCUT2D eigenvalue weighted by Gasteiger charge is -2.14. The van der Waals surface area contributed by atoms with Gasteiger partial charge < -0.3 is 8.98 Å². The minimum absolute atomic E-state index is 0.00261. The highest BCUT2D eigenvalue weighted by atomic mass is 79.9. The van der Waals surface area contributed by atoms with Gasteiger partial charge in [-0.25, -0.2) is 0 Å². The molecule has 6 heteroatoms. The molecule has 2 heterocycles. The molecular formula is C20H22BrN3O2. The minimum atomic E-state index is -0.00261. The Morgan fingerprint density at radius 3 is 2.58 bits per heavy atom. The van der Waals surface area contributed by atoms with Crippen LogP contribution in [0.15, 0.2) is 33.2 Å². The standard InChI is InChI=1S/C20H22BrN3O2/c1-6-16-22-23-20(26-16)18-12(4)17(13(5)24(18)11(2)3)19(25)14-8-7-9-15(21)10-14/h7-11H,6H2,1-5H3. The molecule has 2 aromatic heterocycles. The summed E-state index contributed by atoms with van der Waals surface area (Å²) in [5, 5.41) is 8.29. The van der Waals surface area contributed by atoms with E-state index in [9.17, 15) is 4.79 Å². The Balaban J connectivity index is 2.21. The lowest BCUT2D eigenvalue weighted by atomic mass is 10.00. The van der Waals surface area contributed by atoms with Crippen molar-refractivity contribution in [2.24, 2.45) is 0 Å². The third-order valence-electron chi connectivity index (χ3n) is 4.50. The first-order chi connectivity index (χ1) is 12.3. The largest absolute Gasteiger partial charge is 0.419 e. The molecule has 0 bridgehead atoms. The molecule has 136 valence electrons. The fourth-order valence-electron chi connectivity index (χ4n) is 3.37. The summed E-state index contributed by atoms with van der Waals surface area (Å²) >= 11 is 3.44. The maximum absolute atomic E-state index is 13.2. The number of rotatable bonds is 5. The number of ketones is 1. The zero-order valence-electron chi connectivity index (χ0n) is 15.6. The van der Waals surface area contributed by atoms with Gasteiger partial charge in [0.25, 0.3) is 5.89 Å². The van der Waals surface area contributed by atoms with E-state index in [-0.39, 0.29) is 11.8 Å². The first-order valence-electron chi connectivity index (χ1n) is 8.69. The smallest absolute Gasteiger partial charge is 0.264 e. The van der Waals surface area contributed by atoms with E-state index < -0.39 is 0 Å². The van der Waals surface area contributed by atoms with Gasteiger partial charge in [0.2, 0.25) is 5.89 Å². The van der Waals surface area contributed by atoms with E-state index in [1.165, 1.54) is 0 Å². The lowest BCUT2D eigenvalue weighted by molar-refractivity contribution is 0.103. The zero-order valence-corrected chi connectivity index (χ0v) is 17.2. The van der Waals surface area contributed by atoms with Crippen LogP contribution >= 0.6 is 15.9 Å². The Bertz CT molecular complexity index is 970. The second-order valence-electron chi connectivity index (χ2n) is 6.59. The third-order valence-corrected chi connectivity index (χ3v) is 4.99. The Hall–Kier alpha value is -2.21. The Labute approximate surface area is 161 Å². The number of aryl methyl sites for hydroxylation is 1. The van der Waals surface area contributed by atoms with E-state index in [1.54, 1.807) is 0 Å². The van der Waals surface area contributed by atoms with Crippen LogP contribution in [0, 0.1) is 13.8 Å². The molecule has 0 spiro atoms. The van der Waals surface area contributed by atoms with Gasteiger partial charge in [-0.05, 0) is 45.4 Å². The molecule has 0 atom stereocenters. The summed E-state index contributed by atoms with van der Waals surface area (Å²) in [6.07, 6.45) is 0.678. The molecule has 0 aliphatic carbocycles. The molecule has 0 N–H and O–H groups in total. The molecule has 0 aliphatic rings. The first kappa shape index (κ1) is 18.6. The van der Waals surface area contributed by atoms with Crippen LogP contribution in [0.25, 0.3) is 11.6 Å². The van der Waals surface area contributed by atoms with E-state index in [4.69, 9.17) is 4.42 Å². The molecule has 0 saturated carbocycles. The predicted molar refractivity (Wildman–Crippen MR) is 105 cm³/mol.